The van der Waals surface area contributed by atoms with Crippen LogP contribution in [-0.2, 0) is 12.8 Å². The lowest BCUT2D eigenvalue weighted by atomic mass is 10.1. The molecular weight excluding hydrogens is 511 g/mol. The zero-order chi connectivity index (χ0) is 27.0. The van der Waals surface area contributed by atoms with Gasteiger partial charge in [-0.25, -0.2) is 8.70 Å². The average molecular weight is 551 g/mol. The summed E-state index contributed by atoms with van der Waals surface area (Å²) in [7, 11) is 0. The van der Waals surface area contributed by atoms with Crippen molar-refractivity contribution in [3.05, 3.63) is 82.0 Å². The fourth-order valence-corrected chi connectivity index (χ4v) is 6.48. The fourth-order valence-electron chi connectivity index (χ4n) is 5.46. The van der Waals surface area contributed by atoms with Crippen molar-refractivity contribution in [3.8, 4) is 11.4 Å². The summed E-state index contributed by atoms with van der Waals surface area (Å²) in [5, 5.41) is 4.39. The highest BCUT2D eigenvalue weighted by Crippen LogP contribution is 2.31. The number of unbranched alkanes of at least 4 members (excludes halogenated alkanes) is 5. The van der Waals surface area contributed by atoms with E-state index in [0.29, 0.717) is 5.69 Å². The Morgan fingerprint density at radius 1 is 0.897 bits per heavy atom. The molecule has 0 N–H and O–H groups in total. The molecule has 5 rings (SSSR count). The standard InChI is InChI=1S/C31H39FN4O2S/c1-2-3-4-5-6-11-20-39-35-18-16-34(17-19-35)29-23-33-36(28-15-10-9-14-27(28)32)31(37)30(29)38-26-21-24-12-7-8-13-25(24)22-26/h7-10,12-15,23,26H,2-6,11,16-22H2,1H3. The first kappa shape index (κ1) is 27.7. The Balaban J connectivity index is 1.28. The molecule has 0 unspecified atom stereocenters. The number of ether oxygens (including phenoxy) is 1. The topological polar surface area (TPSA) is 50.6 Å². The minimum absolute atomic E-state index is 0.129. The molecule has 208 valence electrons. The molecule has 8 heteroatoms. The number of anilines is 1. The zero-order valence-electron chi connectivity index (χ0n) is 22.9. The summed E-state index contributed by atoms with van der Waals surface area (Å²) in [6, 6.07) is 14.5. The lowest BCUT2D eigenvalue weighted by Gasteiger charge is -2.36. The third-order valence-corrected chi connectivity index (χ3v) is 8.85. The maximum Gasteiger partial charge on any atom is 0.316 e. The minimum Gasteiger partial charge on any atom is -0.482 e. The Bertz CT molecular complexity index is 1270. The number of nitrogens with zero attached hydrogens (tertiary/aromatic N) is 4. The predicted octanol–water partition coefficient (Wildman–Crippen LogP) is 6.05. The van der Waals surface area contributed by atoms with Crippen LogP contribution in [0.4, 0.5) is 10.1 Å². The van der Waals surface area contributed by atoms with Gasteiger partial charge in [0.1, 0.15) is 23.3 Å². The second-order valence-electron chi connectivity index (χ2n) is 10.5. The van der Waals surface area contributed by atoms with E-state index in [2.05, 4.69) is 33.4 Å². The van der Waals surface area contributed by atoms with Crippen LogP contribution in [0.2, 0.25) is 0 Å². The van der Waals surface area contributed by atoms with Crippen LogP contribution in [0.15, 0.2) is 59.5 Å². The van der Waals surface area contributed by atoms with Crippen LogP contribution in [0.5, 0.6) is 5.75 Å². The van der Waals surface area contributed by atoms with Gasteiger partial charge in [-0.3, -0.25) is 4.79 Å². The normalized spacial score (nSPS) is 16.0. The first-order chi connectivity index (χ1) is 19.1. The van der Waals surface area contributed by atoms with E-state index in [0.717, 1.165) is 49.5 Å². The van der Waals surface area contributed by atoms with Gasteiger partial charge in [0.05, 0.1) is 6.20 Å². The van der Waals surface area contributed by atoms with Crippen molar-refractivity contribution in [3.63, 3.8) is 0 Å². The van der Waals surface area contributed by atoms with Crippen molar-refractivity contribution in [2.24, 2.45) is 0 Å². The molecule has 0 spiro atoms. The lowest BCUT2D eigenvalue weighted by Crippen LogP contribution is -2.44. The van der Waals surface area contributed by atoms with Gasteiger partial charge in [0.2, 0.25) is 5.75 Å². The maximum absolute atomic E-state index is 14.6. The first-order valence-electron chi connectivity index (χ1n) is 14.4. The Kier molecular flexibility index (Phi) is 9.58. The third-order valence-electron chi connectivity index (χ3n) is 7.64. The van der Waals surface area contributed by atoms with Gasteiger partial charge in [-0.05, 0) is 29.7 Å². The fraction of sp³-hybridized carbons (Fsp3) is 0.484. The van der Waals surface area contributed by atoms with Gasteiger partial charge in [-0.1, -0.05) is 87.4 Å². The quantitative estimate of drug-likeness (QED) is 0.202. The van der Waals surface area contributed by atoms with Gasteiger partial charge in [0.15, 0.2) is 0 Å². The molecule has 1 fully saturated rings. The van der Waals surface area contributed by atoms with Crippen LogP contribution in [0, 0.1) is 5.82 Å². The van der Waals surface area contributed by atoms with Crippen LogP contribution in [0.3, 0.4) is 0 Å². The van der Waals surface area contributed by atoms with Gasteiger partial charge in [-0.2, -0.15) is 9.78 Å². The highest BCUT2D eigenvalue weighted by molar-refractivity contribution is 7.97. The molecule has 1 aliphatic carbocycles. The number of hydrogen-bond acceptors (Lipinski definition) is 6. The van der Waals surface area contributed by atoms with Gasteiger partial charge < -0.3 is 9.64 Å². The maximum atomic E-state index is 14.6. The molecule has 0 bridgehead atoms. The summed E-state index contributed by atoms with van der Waals surface area (Å²) in [5.74, 6) is 0.928. The van der Waals surface area contributed by atoms with E-state index in [1.807, 2.05) is 24.1 Å². The van der Waals surface area contributed by atoms with Crippen molar-refractivity contribution < 1.29 is 9.13 Å². The van der Waals surface area contributed by atoms with Gasteiger partial charge >= 0.3 is 5.56 Å². The lowest BCUT2D eigenvalue weighted by molar-refractivity contribution is 0.209. The van der Waals surface area contributed by atoms with Gasteiger partial charge in [0, 0.05) is 44.8 Å². The number of rotatable bonds is 12. The zero-order valence-corrected chi connectivity index (χ0v) is 23.7. The molecule has 39 heavy (non-hydrogen) atoms. The largest absolute Gasteiger partial charge is 0.482 e. The van der Waals surface area contributed by atoms with E-state index in [1.165, 1.54) is 55.7 Å². The molecule has 6 nitrogen and oxygen atoms in total. The number of fused-ring (bicyclic) bond motifs is 1. The molecule has 0 saturated carbocycles. The van der Waals surface area contributed by atoms with Crippen molar-refractivity contribution >= 4 is 17.6 Å². The van der Waals surface area contributed by atoms with E-state index >= 15 is 0 Å². The summed E-state index contributed by atoms with van der Waals surface area (Å²) in [4.78, 5) is 15.9. The van der Waals surface area contributed by atoms with Crippen molar-refractivity contribution in [1.82, 2.24) is 14.1 Å². The van der Waals surface area contributed by atoms with Crippen LogP contribution < -0.4 is 15.2 Å². The van der Waals surface area contributed by atoms with Crippen molar-refractivity contribution in [2.75, 3.05) is 36.8 Å². The smallest absolute Gasteiger partial charge is 0.316 e. The molecule has 0 radical (unpaired) electrons. The number of para-hydroxylation sites is 1. The average Bonchev–Trinajstić information content (AvgIpc) is 3.37. The van der Waals surface area contributed by atoms with Gasteiger partial charge in [-0.15, -0.1) is 0 Å². The van der Waals surface area contributed by atoms with Crippen LogP contribution in [0.1, 0.15) is 56.6 Å². The van der Waals surface area contributed by atoms with E-state index in [1.54, 1.807) is 24.4 Å². The predicted molar refractivity (Wildman–Crippen MR) is 158 cm³/mol. The van der Waals surface area contributed by atoms with Gasteiger partial charge in [0.25, 0.3) is 0 Å². The molecule has 0 atom stereocenters. The van der Waals surface area contributed by atoms with Crippen LogP contribution in [0.25, 0.3) is 5.69 Å². The minimum atomic E-state index is -0.491. The molecular formula is C31H39FN4O2S. The Morgan fingerprint density at radius 2 is 1.56 bits per heavy atom. The second-order valence-corrected chi connectivity index (χ2v) is 11.6. The van der Waals surface area contributed by atoms with Crippen LogP contribution in [-0.4, -0.2) is 52.1 Å². The number of halogens is 1. The number of aromatic nitrogens is 2. The number of piperazine rings is 1. The molecule has 1 aliphatic heterocycles. The highest BCUT2D eigenvalue weighted by Gasteiger charge is 2.29. The summed E-state index contributed by atoms with van der Waals surface area (Å²) < 4.78 is 24.6. The van der Waals surface area contributed by atoms with E-state index in [9.17, 15) is 9.18 Å². The number of benzene rings is 2. The molecule has 1 saturated heterocycles. The van der Waals surface area contributed by atoms with E-state index in [-0.39, 0.29) is 17.5 Å². The summed E-state index contributed by atoms with van der Waals surface area (Å²) in [5.41, 5.74) is 2.91. The molecule has 2 aliphatic rings. The van der Waals surface area contributed by atoms with E-state index < -0.39 is 11.4 Å². The molecule has 1 aromatic heterocycles. The highest BCUT2D eigenvalue weighted by atomic mass is 32.2. The van der Waals surface area contributed by atoms with E-state index in [4.69, 9.17) is 4.74 Å². The second kappa shape index (κ2) is 13.5. The molecule has 3 aromatic rings. The number of hydrogen-bond donors (Lipinski definition) is 0. The van der Waals surface area contributed by atoms with Crippen molar-refractivity contribution in [2.45, 2.75) is 64.4 Å². The Labute approximate surface area is 235 Å². The monoisotopic (exact) mass is 550 g/mol. The van der Waals surface area contributed by atoms with Crippen LogP contribution >= 0.6 is 11.9 Å². The summed E-state index contributed by atoms with van der Waals surface area (Å²) in [6.07, 6.45) is 10.9. The summed E-state index contributed by atoms with van der Waals surface area (Å²) in [6.45, 7) is 5.64. The third kappa shape index (κ3) is 6.84. The molecule has 2 heterocycles. The summed E-state index contributed by atoms with van der Waals surface area (Å²) >= 11 is 1.94. The first-order valence-corrected chi connectivity index (χ1v) is 15.3. The Hall–Kier alpha value is -2.84. The SMILES string of the molecule is CCCCCCCCSN1CCN(c2cnn(-c3ccccc3F)c(=O)c2OC2Cc3ccccc3C2)CC1. The molecule has 2 aromatic carbocycles. The van der Waals surface area contributed by atoms with Crippen molar-refractivity contribution in [1.29, 1.82) is 0 Å². The molecule has 0 amide bonds. The Morgan fingerprint density at radius 3 is 2.28 bits per heavy atom.